The Balaban J connectivity index is 2.46. The Bertz CT molecular complexity index is 319. The molecule has 1 heterocycles. The number of hydrogen-bond acceptors (Lipinski definition) is 3. The predicted octanol–water partition coefficient (Wildman–Crippen LogP) is 3.12. The molecule has 0 spiro atoms. The highest BCUT2D eigenvalue weighted by Gasteiger charge is 2.35. The maximum atomic E-state index is 11.5. The molecule has 1 aliphatic heterocycles. The zero-order valence-corrected chi connectivity index (χ0v) is 14.4. The van der Waals surface area contributed by atoms with Crippen LogP contribution in [0.1, 0.15) is 66.2 Å². The minimum absolute atomic E-state index is 0.535. The van der Waals surface area contributed by atoms with Crippen LogP contribution in [0.2, 0.25) is 0 Å². The van der Waals surface area contributed by atoms with E-state index in [1.165, 1.54) is 25.7 Å². The maximum absolute atomic E-state index is 11.5. The number of nitrogens with one attached hydrogen (secondary N) is 1. The van der Waals surface area contributed by atoms with E-state index in [1.807, 2.05) is 6.92 Å². The van der Waals surface area contributed by atoms with Crippen molar-refractivity contribution < 1.29 is 9.90 Å². The highest BCUT2D eigenvalue weighted by molar-refractivity contribution is 5.78. The molecule has 1 fully saturated rings. The van der Waals surface area contributed by atoms with Gasteiger partial charge in [0.15, 0.2) is 0 Å². The Morgan fingerprint density at radius 3 is 2.24 bits per heavy atom. The summed E-state index contributed by atoms with van der Waals surface area (Å²) >= 11 is 0. The van der Waals surface area contributed by atoms with Crippen molar-refractivity contribution >= 4 is 5.97 Å². The third-order valence-electron chi connectivity index (χ3n) is 5.58. The number of hydrogen-bond donors (Lipinski definition) is 2. The molecule has 124 valence electrons. The third-order valence-corrected chi connectivity index (χ3v) is 5.58. The second-order valence-corrected chi connectivity index (χ2v) is 6.86. The first-order valence-electron chi connectivity index (χ1n) is 8.62. The van der Waals surface area contributed by atoms with Crippen molar-refractivity contribution in [3.63, 3.8) is 0 Å². The van der Waals surface area contributed by atoms with E-state index in [1.54, 1.807) is 0 Å². The third kappa shape index (κ3) is 4.96. The Morgan fingerprint density at radius 2 is 1.81 bits per heavy atom. The number of rotatable bonds is 9. The summed E-state index contributed by atoms with van der Waals surface area (Å²) in [6.45, 7) is 12.4. The molecule has 0 bridgehead atoms. The topological polar surface area (TPSA) is 52.6 Å². The molecule has 1 unspecified atom stereocenters. The van der Waals surface area contributed by atoms with Crippen molar-refractivity contribution in [1.29, 1.82) is 0 Å². The smallest absolute Gasteiger partial charge is 0.323 e. The Morgan fingerprint density at radius 1 is 1.24 bits per heavy atom. The number of piperidine rings is 1. The van der Waals surface area contributed by atoms with Crippen LogP contribution < -0.4 is 5.32 Å². The van der Waals surface area contributed by atoms with Crippen LogP contribution >= 0.6 is 0 Å². The average molecular weight is 298 g/mol. The Labute approximate surface area is 130 Å². The maximum Gasteiger partial charge on any atom is 0.323 e. The van der Waals surface area contributed by atoms with Crippen LogP contribution in [0.25, 0.3) is 0 Å². The monoisotopic (exact) mass is 298 g/mol. The summed E-state index contributed by atoms with van der Waals surface area (Å²) in [5.74, 6) is -0.732. The molecule has 4 nitrogen and oxygen atoms in total. The van der Waals surface area contributed by atoms with Gasteiger partial charge in [0.25, 0.3) is 0 Å². The zero-order valence-electron chi connectivity index (χ0n) is 14.4. The molecule has 0 saturated carbocycles. The van der Waals surface area contributed by atoms with Crippen molar-refractivity contribution in [2.24, 2.45) is 5.41 Å². The molecule has 0 amide bonds. The Kier molecular flexibility index (Phi) is 7.14. The molecule has 2 N–H and O–H groups in total. The van der Waals surface area contributed by atoms with E-state index >= 15 is 0 Å². The number of carbonyl (C=O) groups is 1. The standard InChI is InChI=1S/C17H34N2O2/c1-5-11-18-16(4,15(20)21)8-12-19-13-9-17(6-2,7-3)10-14-19/h18H,5-14H2,1-4H3,(H,20,21). The number of aliphatic carboxylic acids is 1. The molecule has 21 heavy (non-hydrogen) atoms. The van der Waals surface area contributed by atoms with E-state index in [2.05, 4.69) is 31.0 Å². The summed E-state index contributed by atoms with van der Waals surface area (Å²) in [5.41, 5.74) is -0.257. The molecular weight excluding hydrogens is 264 g/mol. The van der Waals surface area contributed by atoms with Crippen LogP contribution in [0, 0.1) is 5.41 Å². The summed E-state index contributed by atoms with van der Waals surface area (Å²) in [7, 11) is 0. The fourth-order valence-electron chi connectivity index (χ4n) is 3.26. The van der Waals surface area contributed by atoms with Crippen LogP contribution in [0.4, 0.5) is 0 Å². The summed E-state index contributed by atoms with van der Waals surface area (Å²) < 4.78 is 0. The lowest BCUT2D eigenvalue weighted by molar-refractivity contribution is -0.144. The van der Waals surface area contributed by atoms with Crippen LogP contribution in [-0.4, -0.2) is 47.7 Å². The van der Waals surface area contributed by atoms with Crippen molar-refractivity contribution in [1.82, 2.24) is 10.2 Å². The quantitative estimate of drug-likeness (QED) is 0.687. The summed E-state index contributed by atoms with van der Waals surface area (Å²) in [5, 5.41) is 12.7. The molecule has 0 radical (unpaired) electrons. The van der Waals surface area contributed by atoms with E-state index in [0.29, 0.717) is 11.8 Å². The SMILES string of the molecule is CCCNC(C)(CCN1CCC(CC)(CC)CC1)C(=O)O. The molecular formula is C17H34N2O2. The van der Waals surface area contributed by atoms with E-state index < -0.39 is 11.5 Å². The summed E-state index contributed by atoms with van der Waals surface area (Å²) in [6.07, 6.45) is 6.68. The number of likely N-dealkylation sites (tertiary alicyclic amines) is 1. The molecule has 0 aliphatic carbocycles. The molecule has 4 heteroatoms. The van der Waals surface area contributed by atoms with Gasteiger partial charge in [-0.3, -0.25) is 4.79 Å². The average Bonchev–Trinajstić information content (AvgIpc) is 2.51. The van der Waals surface area contributed by atoms with Gasteiger partial charge in [0, 0.05) is 6.54 Å². The fraction of sp³-hybridized carbons (Fsp3) is 0.941. The number of nitrogens with zero attached hydrogens (tertiary/aromatic N) is 1. The minimum Gasteiger partial charge on any atom is -0.480 e. The normalized spacial score (nSPS) is 21.9. The van der Waals surface area contributed by atoms with Crippen LogP contribution in [0.3, 0.4) is 0 Å². The second kappa shape index (κ2) is 8.14. The van der Waals surface area contributed by atoms with Gasteiger partial charge in [-0.15, -0.1) is 0 Å². The predicted molar refractivity (Wildman–Crippen MR) is 87.6 cm³/mol. The fourth-order valence-corrected chi connectivity index (χ4v) is 3.26. The molecule has 0 aromatic heterocycles. The zero-order chi connectivity index (χ0) is 15.9. The lowest BCUT2D eigenvalue weighted by atomic mass is 9.74. The van der Waals surface area contributed by atoms with Gasteiger partial charge in [-0.1, -0.05) is 33.6 Å². The van der Waals surface area contributed by atoms with E-state index in [4.69, 9.17) is 0 Å². The first-order valence-corrected chi connectivity index (χ1v) is 8.62. The number of carboxylic acids is 1. The van der Waals surface area contributed by atoms with E-state index in [0.717, 1.165) is 32.6 Å². The highest BCUT2D eigenvalue weighted by atomic mass is 16.4. The molecule has 1 rings (SSSR count). The van der Waals surface area contributed by atoms with Crippen LogP contribution in [-0.2, 0) is 4.79 Å². The van der Waals surface area contributed by atoms with Gasteiger partial charge < -0.3 is 15.3 Å². The summed E-state index contributed by atoms with van der Waals surface area (Å²) in [6, 6.07) is 0. The molecule has 0 aromatic rings. The lowest BCUT2D eigenvalue weighted by Gasteiger charge is -2.41. The molecule has 1 saturated heterocycles. The van der Waals surface area contributed by atoms with Gasteiger partial charge >= 0.3 is 5.97 Å². The van der Waals surface area contributed by atoms with Crippen molar-refractivity contribution in [3.8, 4) is 0 Å². The van der Waals surface area contributed by atoms with Gasteiger partial charge in [0.05, 0.1) is 0 Å². The summed E-state index contributed by atoms with van der Waals surface area (Å²) in [4.78, 5) is 14.0. The highest BCUT2D eigenvalue weighted by Crippen LogP contribution is 2.37. The number of carboxylic acid groups (broad SMARTS) is 1. The molecule has 1 aliphatic rings. The van der Waals surface area contributed by atoms with Crippen molar-refractivity contribution in [3.05, 3.63) is 0 Å². The minimum atomic E-state index is -0.792. The van der Waals surface area contributed by atoms with Gasteiger partial charge in [-0.05, 0) is 57.7 Å². The van der Waals surface area contributed by atoms with E-state index in [-0.39, 0.29) is 0 Å². The van der Waals surface area contributed by atoms with Crippen LogP contribution in [0.15, 0.2) is 0 Å². The Hall–Kier alpha value is -0.610. The first kappa shape index (κ1) is 18.4. The van der Waals surface area contributed by atoms with Gasteiger partial charge in [0.2, 0.25) is 0 Å². The van der Waals surface area contributed by atoms with Crippen molar-refractivity contribution in [2.75, 3.05) is 26.2 Å². The first-order chi connectivity index (χ1) is 9.91. The largest absolute Gasteiger partial charge is 0.480 e. The van der Waals surface area contributed by atoms with E-state index in [9.17, 15) is 9.90 Å². The second-order valence-electron chi connectivity index (χ2n) is 6.86. The van der Waals surface area contributed by atoms with Crippen LogP contribution in [0.5, 0.6) is 0 Å². The van der Waals surface area contributed by atoms with Crippen molar-refractivity contribution in [2.45, 2.75) is 71.8 Å². The van der Waals surface area contributed by atoms with Gasteiger partial charge in [-0.25, -0.2) is 0 Å². The molecule has 0 aromatic carbocycles. The van der Waals surface area contributed by atoms with Gasteiger partial charge in [0.1, 0.15) is 5.54 Å². The van der Waals surface area contributed by atoms with Gasteiger partial charge in [-0.2, -0.15) is 0 Å². The molecule has 1 atom stereocenters. The lowest BCUT2D eigenvalue weighted by Crippen LogP contribution is -2.52.